The van der Waals surface area contributed by atoms with Crippen LogP contribution in [0, 0.1) is 0 Å². The molecule has 0 N–H and O–H groups in total. The fourth-order valence-electron chi connectivity index (χ4n) is 3.37. The van der Waals surface area contributed by atoms with Gasteiger partial charge in [0.1, 0.15) is 23.7 Å². The molecular formula is C23H24N4O3. The van der Waals surface area contributed by atoms with Crippen LogP contribution in [0.5, 0.6) is 5.75 Å². The van der Waals surface area contributed by atoms with Crippen molar-refractivity contribution in [3.05, 3.63) is 66.9 Å². The normalized spacial score (nSPS) is 14.3. The third kappa shape index (κ3) is 4.68. The fraction of sp³-hybridized carbons (Fsp3) is 0.261. The average molecular weight is 404 g/mol. The van der Waals surface area contributed by atoms with Crippen molar-refractivity contribution in [2.45, 2.75) is 6.92 Å². The molecule has 1 aliphatic rings. The van der Waals surface area contributed by atoms with Crippen molar-refractivity contribution >= 4 is 17.8 Å². The molecule has 0 saturated carbocycles. The van der Waals surface area contributed by atoms with Gasteiger partial charge in [-0.1, -0.05) is 0 Å². The topological polar surface area (TPSA) is 71.7 Å². The number of amides is 1. The minimum Gasteiger partial charge on any atom is -0.494 e. The number of piperazine rings is 1. The van der Waals surface area contributed by atoms with Crippen LogP contribution in [0.25, 0.3) is 17.3 Å². The van der Waals surface area contributed by atoms with Crippen molar-refractivity contribution in [2.24, 2.45) is 0 Å². The fourth-order valence-corrected chi connectivity index (χ4v) is 3.37. The Morgan fingerprint density at radius 2 is 1.93 bits per heavy atom. The lowest BCUT2D eigenvalue weighted by molar-refractivity contribution is -0.126. The molecule has 0 unspecified atom stereocenters. The summed E-state index contributed by atoms with van der Waals surface area (Å²) in [5, 5.41) is 0. The van der Waals surface area contributed by atoms with Gasteiger partial charge >= 0.3 is 0 Å². The predicted octanol–water partition coefficient (Wildman–Crippen LogP) is 3.50. The molecule has 1 aliphatic heterocycles. The van der Waals surface area contributed by atoms with Gasteiger partial charge in [-0.05, 0) is 49.4 Å². The summed E-state index contributed by atoms with van der Waals surface area (Å²) in [4.78, 5) is 25.3. The number of hydrogen-bond acceptors (Lipinski definition) is 6. The van der Waals surface area contributed by atoms with Gasteiger partial charge < -0.3 is 19.0 Å². The zero-order valence-electron chi connectivity index (χ0n) is 16.9. The van der Waals surface area contributed by atoms with Crippen LogP contribution in [-0.2, 0) is 4.79 Å². The zero-order valence-corrected chi connectivity index (χ0v) is 16.9. The standard InChI is InChI=1S/C23H24N4O3/c1-2-29-20-7-5-18(6-8-20)21-16-22(25-17-24-21)26-11-13-27(14-12-26)23(28)10-9-19-4-3-15-30-19/h3-10,15-17H,2,11-14H2,1H3/b10-9+. The van der Waals surface area contributed by atoms with Gasteiger partial charge in [0.05, 0.1) is 18.6 Å². The summed E-state index contributed by atoms with van der Waals surface area (Å²) in [6.45, 7) is 5.34. The minimum atomic E-state index is -0.0104. The molecule has 1 amide bonds. The van der Waals surface area contributed by atoms with Crippen molar-refractivity contribution < 1.29 is 13.9 Å². The first-order chi connectivity index (χ1) is 14.7. The lowest BCUT2D eigenvalue weighted by Gasteiger charge is -2.35. The number of aromatic nitrogens is 2. The Kier molecular flexibility index (Phi) is 6.08. The highest BCUT2D eigenvalue weighted by Gasteiger charge is 2.21. The van der Waals surface area contributed by atoms with E-state index in [1.807, 2.05) is 48.2 Å². The third-order valence-electron chi connectivity index (χ3n) is 4.96. The Hall–Kier alpha value is -3.61. The molecule has 7 nitrogen and oxygen atoms in total. The van der Waals surface area contributed by atoms with E-state index in [-0.39, 0.29) is 5.91 Å². The van der Waals surface area contributed by atoms with Gasteiger partial charge in [-0.2, -0.15) is 0 Å². The van der Waals surface area contributed by atoms with Crippen LogP contribution in [0.3, 0.4) is 0 Å². The van der Waals surface area contributed by atoms with E-state index in [4.69, 9.17) is 9.15 Å². The van der Waals surface area contributed by atoms with Gasteiger partial charge in [0.25, 0.3) is 0 Å². The lowest BCUT2D eigenvalue weighted by Crippen LogP contribution is -2.48. The van der Waals surface area contributed by atoms with Crippen molar-refractivity contribution in [3.8, 4) is 17.0 Å². The first-order valence-electron chi connectivity index (χ1n) is 10.0. The van der Waals surface area contributed by atoms with Crippen LogP contribution in [0.2, 0.25) is 0 Å². The molecule has 0 bridgehead atoms. The summed E-state index contributed by atoms with van der Waals surface area (Å²) < 4.78 is 10.7. The highest BCUT2D eigenvalue weighted by atomic mass is 16.5. The molecule has 3 aromatic rings. The quantitative estimate of drug-likeness (QED) is 0.586. The number of furan rings is 1. The number of ether oxygens (including phenoxy) is 1. The van der Waals surface area contributed by atoms with E-state index in [9.17, 15) is 4.79 Å². The number of carbonyl (C=O) groups is 1. The number of nitrogens with zero attached hydrogens (tertiary/aromatic N) is 4. The molecule has 0 spiro atoms. The van der Waals surface area contributed by atoms with E-state index in [2.05, 4.69) is 14.9 Å². The Bertz CT molecular complexity index is 992. The second-order valence-electron chi connectivity index (χ2n) is 6.88. The molecule has 7 heteroatoms. The second kappa shape index (κ2) is 9.26. The third-order valence-corrected chi connectivity index (χ3v) is 4.96. The molecule has 0 atom stereocenters. The van der Waals surface area contributed by atoms with Crippen molar-refractivity contribution in [1.82, 2.24) is 14.9 Å². The number of rotatable bonds is 6. The second-order valence-corrected chi connectivity index (χ2v) is 6.88. The first-order valence-corrected chi connectivity index (χ1v) is 10.0. The lowest BCUT2D eigenvalue weighted by atomic mass is 10.1. The van der Waals surface area contributed by atoms with Gasteiger partial charge in [0, 0.05) is 43.9 Å². The molecule has 4 rings (SSSR count). The van der Waals surface area contributed by atoms with Crippen molar-refractivity contribution in [3.63, 3.8) is 0 Å². The summed E-state index contributed by atoms with van der Waals surface area (Å²) in [6.07, 6.45) is 6.43. The van der Waals surface area contributed by atoms with E-state index in [0.29, 0.717) is 25.5 Å². The summed E-state index contributed by atoms with van der Waals surface area (Å²) in [6, 6.07) is 13.5. The van der Waals surface area contributed by atoms with Crippen LogP contribution >= 0.6 is 0 Å². The molecule has 1 fully saturated rings. The molecule has 30 heavy (non-hydrogen) atoms. The molecular weight excluding hydrogens is 380 g/mol. The Morgan fingerprint density at radius 3 is 2.63 bits per heavy atom. The van der Waals surface area contributed by atoms with Crippen molar-refractivity contribution in [1.29, 1.82) is 0 Å². The molecule has 3 heterocycles. The van der Waals surface area contributed by atoms with Gasteiger partial charge in [-0.15, -0.1) is 0 Å². The van der Waals surface area contributed by atoms with E-state index in [1.165, 1.54) is 0 Å². The van der Waals surface area contributed by atoms with Crippen LogP contribution < -0.4 is 9.64 Å². The molecule has 1 aromatic carbocycles. The monoisotopic (exact) mass is 404 g/mol. The van der Waals surface area contributed by atoms with Gasteiger partial charge in [-0.3, -0.25) is 4.79 Å². The number of carbonyl (C=O) groups excluding carboxylic acids is 1. The summed E-state index contributed by atoms with van der Waals surface area (Å²) in [5.74, 6) is 2.37. The largest absolute Gasteiger partial charge is 0.494 e. The smallest absolute Gasteiger partial charge is 0.246 e. The SMILES string of the molecule is CCOc1ccc(-c2cc(N3CCN(C(=O)/C=C/c4ccco4)CC3)ncn2)cc1. The van der Waals surface area contributed by atoms with Gasteiger partial charge in [-0.25, -0.2) is 9.97 Å². The van der Waals surface area contributed by atoms with E-state index in [0.717, 1.165) is 35.9 Å². The maximum Gasteiger partial charge on any atom is 0.246 e. The molecule has 1 saturated heterocycles. The van der Waals surface area contributed by atoms with Gasteiger partial charge in [0.2, 0.25) is 5.91 Å². The minimum absolute atomic E-state index is 0.0104. The summed E-state index contributed by atoms with van der Waals surface area (Å²) >= 11 is 0. The number of hydrogen-bond donors (Lipinski definition) is 0. The highest BCUT2D eigenvalue weighted by Crippen LogP contribution is 2.24. The van der Waals surface area contributed by atoms with E-state index < -0.39 is 0 Å². The van der Waals surface area contributed by atoms with Crippen molar-refractivity contribution in [2.75, 3.05) is 37.7 Å². The summed E-state index contributed by atoms with van der Waals surface area (Å²) in [7, 11) is 0. The predicted molar refractivity (Wildman–Crippen MR) is 115 cm³/mol. The number of anilines is 1. The van der Waals surface area contributed by atoms with E-state index in [1.54, 1.807) is 30.8 Å². The van der Waals surface area contributed by atoms with Gasteiger partial charge in [0.15, 0.2) is 0 Å². The number of benzene rings is 1. The molecule has 0 radical (unpaired) electrons. The Balaban J connectivity index is 1.37. The molecule has 154 valence electrons. The Labute approximate surface area is 175 Å². The average Bonchev–Trinajstić information content (AvgIpc) is 3.32. The van der Waals surface area contributed by atoms with Crippen LogP contribution in [-0.4, -0.2) is 53.6 Å². The van der Waals surface area contributed by atoms with Crippen LogP contribution in [0.4, 0.5) is 5.82 Å². The Morgan fingerprint density at radius 1 is 1.13 bits per heavy atom. The van der Waals surface area contributed by atoms with Crippen LogP contribution in [0.1, 0.15) is 12.7 Å². The highest BCUT2D eigenvalue weighted by molar-refractivity contribution is 5.91. The first kappa shape index (κ1) is 19.7. The maximum absolute atomic E-state index is 12.4. The van der Waals surface area contributed by atoms with E-state index >= 15 is 0 Å². The van der Waals surface area contributed by atoms with Crippen LogP contribution in [0.15, 0.2) is 65.5 Å². The zero-order chi connectivity index (χ0) is 20.8. The maximum atomic E-state index is 12.4. The molecule has 2 aromatic heterocycles. The summed E-state index contributed by atoms with van der Waals surface area (Å²) in [5.41, 5.74) is 1.88. The molecule has 0 aliphatic carbocycles.